The number of esters is 2. The van der Waals surface area contributed by atoms with Crippen molar-refractivity contribution in [3.63, 3.8) is 0 Å². The zero-order chi connectivity index (χ0) is 17.2. The predicted octanol–water partition coefficient (Wildman–Crippen LogP) is 2.48. The summed E-state index contributed by atoms with van der Waals surface area (Å²) in [5.41, 5.74) is -3.06. The Labute approximate surface area is 133 Å². The second kappa shape index (κ2) is 9.79. The standard InChI is InChI=1S/C16H30O6/c1-7-11-21-13(17)15(9-3,19-5)16(10-4,20-6)14(18)22-12-8-2/h7-12H2,1-6H3. The lowest BCUT2D eigenvalue weighted by molar-refractivity contribution is -0.227. The van der Waals surface area contributed by atoms with Gasteiger partial charge in [-0.25, -0.2) is 9.59 Å². The van der Waals surface area contributed by atoms with Crippen molar-refractivity contribution in [2.45, 2.75) is 64.6 Å². The number of methoxy groups -OCH3 is 2. The molecule has 0 fully saturated rings. The molecule has 0 aromatic carbocycles. The van der Waals surface area contributed by atoms with Crippen LogP contribution in [-0.4, -0.2) is 50.6 Å². The molecule has 0 aliphatic heterocycles. The van der Waals surface area contributed by atoms with Crippen molar-refractivity contribution in [1.82, 2.24) is 0 Å². The van der Waals surface area contributed by atoms with Crippen molar-refractivity contribution in [3.05, 3.63) is 0 Å². The highest BCUT2D eigenvalue weighted by Crippen LogP contribution is 2.38. The first-order valence-corrected chi connectivity index (χ1v) is 7.90. The molecule has 0 aliphatic rings. The number of carbonyl (C=O) groups excluding carboxylic acids is 2. The van der Waals surface area contributed by atoms with E-state index < -0.39 is 23.1 Å². The molecule has 0 rings (SSSR count). The fraction of sp³-hybridized carbons (Fsp3) is 0.875. The van der Waals surface area contributed by atoms with Crippen molar-refractivity contribution in [3.8, 4) is 0 Å². The summed E-state index contributed by atoms with van der Waals surface area (Å²) in [5.74, 6) is -1.20. The fourth-order valence-electron chi connectivity index (χ4n) is 2.60. The van der Waals surface area contributed by atoms with E-state index in [9.17, 15) is 9.59 Å². The average molecular weight is 318 g/mol. The topological polar surface area (TPSA) is 71.1 Å². The molecule has 6 nitrogen and oxygen atoms in total. The summed E-state index contributed by atoms with van der Waals surface area (Å²) >= 11 is 0. The van der Waals surface area contributed by atoms with E-state index >= 15 is 0 Å². The minimum atomic E-state index is -1.53. The van der Waals surface area contributed by atoms with Gasteiger partial charge in [-0.1, -0.05) is 27.7 Å². The number of ether oxygens (including phenoxy) is 4. The van der Waals surface area contributed by atoms with Crippen LogP contribution in [0.4, 0.5) is 0 Å². The Hall–Kier alpha value is -1.14. The third-order valence-corrected chi connectivity index (χ3v) is 3.88. The molecule has 0 saturated carbocycles. The van der Waals surface area contributed by atoms with E-state index in [1.807, 2.05) is 13.8 Å². The van der Waals surface area contributed by atoms with Gasteiger partial charge in [0.1, 0.15) is 0 Å². The first-order valence-electron chi connectivity index (χ1n) is 7.90. The van der Waals surface area contributed by atoms with Gasteiger partial charge in [-0.05, 0) is 25.7 Å². The minimum absolute atomic E-state index is 0.231. The lowest BCUT2D eigenvalue weighted by Gasteiger charge is -2.43. The van der Waals surface area contributed by atoms with Gasteiger partial charge < -0.3 is 18.9 Å². The van der Waals surface area contributed by atoms with Gasteiger partial charge in [0.15, 0.2) is 0 Å². The number of hydrogen-bond acceptors (Lipinski definition) is 6. The summed E-state index contributed by atoms with van der Waals surface area (Å²) < 4.78 is 21.5. The Morgan fingerprint density at radius 2 is 1.05 bits per heavy atom. The van der Waals surface area contributed by atoms with E-state index in [4.69, 9.17) is 18.9 Å². The molecule has 130 valence electrons. The molecule has 0 saturated heterocycles. The van der Waals surface area contributed by atoms with Crippen LogP contribution in [-0.2, 0) is 28.5 Å². The van der Waals surface area contributed by atoms with Crippen LogP contribution in [0.5, 0.6) is 0 Å². The number of hydrogen-bond donors (Lipinski definition) is 0. The molecule has 0 heterocycles. The highest BCUT2D eigenvalue weighted by molar-refractivity contribution is 5.93. The molecule has 0 spiro atoms. The molecule has 0 radical (unpaired) electrons. The first-order chi connectivity index (χ1) is 10.5. The van der Waals surface area contributed by atoms with Crippen LogP contribution < -0.4 is 0 Å². The molecule has 0 aliphatic carbocycles. The SMILES string of the molecule is CCCOC(=O)C(CC)(OC)C(CC)(OC)C(=O)OCCC. The largest absolute Gasteiger partial charge is 0.463 e. The molecule has 22 heavy (non-hydrogen) atoms. The highest BCUT2D eigenvalue weighted by atomic mass is 16.6. The van der Waals surface area contributed by atoms with Crippen molar-refractivity contribution in [1.29, 1.82) is 0 Å². The van der Waals surface area contributed by atoms with E-state index in [0.717, 1.165) is 0 Å². The normalized spacial score (nSPS) is 16.5. The van der Waals surface area contributed by atoms with Gasteiger partial charge in [0.25, 0.3) is 0 Å². The van der Waals surface area contributed by atoms with Gasteiger partial charge in [-0.2, -0.15) is 0 Å². The van der Waals surface area contributed by atoms with Crippen LogP contribution in [0.2, 0.25) is 0 Å². The highest BCUT2D eigenvalue weighted by Gasteiger charge is 2.62. The van der Waals surface area contributed by atoms with Gasteiger partial charge in [-0.15, -0.1) is 0 Å². The second-order valence-electron chi connectivity index (χ2n) is 5.04. The fourth-order valence-corrected chi connectivity index (χ4v) is 2.60. The van der Waals surface area contributed by atoms with E-state index in [0.29, 0.717) is 12.8 Å². The van der Waals surface area contributed by atoms with Gasteiger partial charge in [0.05, 0.1) is 13.2 Å². The van der Waals surface area contributed by atoms with Crippen molar-refractivity contribution >= 4 is 11.9 Å². The van der Waals surface area contributed by atoms with Gasteiger partial charge in [-0.3, -0.25) is 0 Å². The first kappa shape index (κ1) is 20.9. The number of rotatable bonds is 11. The minimum Gasteiger partial charge on any atom is -0.463 e. The average Bonchev–Trinajstić information content (AvgIpc) is 2.55. The monoisotopic (exact) mass is 318 g/mol. The van der Waals surface area contributed by atoms with E-state index in [1.54, 1.807) is 13.8 Å². The molecule has 0 N–H and O–H groups in total. The summed E-state index contributed by atoms with van der Waals surface area (Å²) in [5, 5.41) is 0. The third-order valence-electron chi connectivity index (χ3n) is 3.88. The van der Waals surface area contributed by atoms with E-state index in [-0.39, 0.29) is 26.1 Å². The van der Waals surface area contributed by atoms with Crippen LogP contribution in [0.1, 0.15) is 53.4 Å². The van der Waals surface area contributed by atoms with Crippen LogP contribution in [0.15, 0.2) is 0 Å². The second-order valence-corrected chi connectivity index (χ2v) is 5.04. The van der Waals surface area contributed by atoms with Crippen molar-refractivity contribution in [2.75, 3.05) is 27.4 Å². The van der Waals surface area contributed by atoms with Gasteiger partial charge in [0, 0.05) is 14.2 Å². The smallest absolute Gasteiger partial charge is 0.342 e. The maximum Gasteiger partial charge on any atom is 0.342 e. The van der Waals surface area contributed by atoms with Gasteiger partial charge >= 0.3 is 11.9 Å². The predicted molar refractivity (Wildman–Crippen MR) is 82.6 cm³/mol. The zero-order valence-corrected chi connectivity index (χ0v) is 14.7. The van der Waals surface area contributed by atoms with E-state index in [1.165, 1.54) is 14.2 Å². The van der Waals surface area contributed by atoms with Gasteiger partial charge in [0.2, 0.25) is 11.2 Å². The summed E-state index contributed by atoms with van der Waals surface area (Å²) in [6.45, 7) is 7.83. The van der Waals surface area contributed by atoms with Crippen molar-refractivity contribution in [2.24, 2.45) is 0 Å². The van der Waals surface area contributed by atoms with Crippen LogP contribution in [0.25, 0.3) is 0 Å². The molecule has 0 aromatic heterocycles. The Kier molecular flexibility index (Phi) is 9.28. The Bertz CT molecular complexity index is 311. The summed E-state index contributed by atoms with van der Waals surface area (Å²) in [4.78, 5) is 25.2. The summed E-state index contributed by atoms with van der Waals surface area (Å²) in [6.07, 6.45) is 1.83. The molecule has 2 atom stereocenters. The molecule has 0 aromatic rings. The summed E-state index contributed by atoms with van der Waals surface area (Å²) in [6, 6.07) is 0. The summed E-state index contributed by atoms with van der Waals surface area (Å²) in [7, 11) is 2.76. The zero-order valence-electron chi connectivity index (χ0n) is 14.7. The van der Waals surface area contributed by atoms with Crippen LogP contribution in [0, 0.1) is 0 Å². The molecule has 6 heteroatoms. The number of carbonyl (C=O) groups is 2. The van der Waals surface area contributed by atoms with Crippen LogP contribution in [0.3, 0.4) is 0 Å². The Morgan fingerprint density at radius 3 is 1.23 bits per heavy atom. The quantitative estimate of drug-likeness (QED) is 0.545. The molecule has 0 amide bonds. The molecular weight excluding hydrogens is 288 g/mol. The third kappa shape index (κ3) is 3.79. The molecular formula is C16H30O6. The Balaban J connectivity index is 5.77. The molecule has 0 bridgehead atoms. The van der Waals surface area contributed by atoms with Crippen molar-refractivity contribution < 1.29 is 28.5 Å². The maximum atomic E-state index is 12.6. The lowest BCUT2D eigenvalue weighted by atomic mass is 9.78. The maximum absolute atomic E-state index is 12.6. The molecule has 2 unspecified atom stereocenters. The van der Waals surface area contributed by atoms with E-state index in [2.05, 4.69) is 0 Å². The lowest BCUT2D eigenvalue weighted by Crippen LogP contribution is -2.66. The van der Waals surface area contributed by atoms with Crippen LogP contribution >= 0.6 is 0 Å². The Morgan fingerprint density at radius 1 is 0.727 bits per heavy atom.